The van der Waals surface area contributed by atoms with E-state index in [-0.39, 0.29) is 18.9 Å². The Kier molecular flexibility index (Phi) is 8.67. The van der Waals surface area contributed by atoms with Crippen molar-refractivity contribution >= 4 is 21.6 Å². The summed E-state index contributed by atoms with van der Waals surface area (Å²) in [5.41, 5.74) is 3.98. The Morgan fingerprint density at radius 3 is 2.28 bits per heavy atom. The number of aryl methyl sites for hydroxylation is 1. The first-order valence-electron chi connectivity index (χ1n) is 11.0. The van der Waals surface area contributed by atoms with Crippen molar-refractivity contribution in [3.63, 3.8) is 0 Å². The molecule has 32 heavy (non-hydrogen) atoms. The van der Waals surface area contributed by atoms with Gasteiger partial charge < -0.3 is 10.1 Å². The second-order valence-electron chi connectivity index (χ2n) is 8.26. The third-order valence-corrected chi connectivity index (χ3v) is 6.70. The van der Waals surface area contributed by atoms with Crippen molar-refractivity contribution in [2.75, 3.05) is 43.4 Å². The van der Waals surface area contributed by atoms with Crippen LogP contribution in [0.3, 0.4) is 0 Å². The Hall–Kier alpha value is -2.42. The standard InChI is InChI=1S/C24H33N3O4S/c1-20-5-11-23(12-6-20)27(32(2,29)30)13-3-4-24(28)25-18-21-7-9-22(10-8-21)19-26-14-16-31-17-15-26/h5-12H,3-4,13-19H2,1-2H3,(H,25,28). The molecule has 1 amide bonds. The minimum absolute atomic E-state index is 0.0836. The van der Waals surface area contributed by atoms with Gasteiger partial charge in [0.1, 0.15) is 0 Å². The first kappa shape index (κ1) is 24.2. The molecule has 0 saturated carbocycles. The van der Waals surface area contributed by atoms with Crippen molar-refractivity contribution < 1.29 is 17.9 Å². The van der Waals surface area contributed by atoms with Crippen molar-refractivity contribution in [2.45, 2.75) is 32.9 Å². The lowest BCUT2D eigenvalue weighted by atomic mass is 10.1. The molecule has 0 aromatic heterocycles. The van der Waals surface area contributed by atoms with Crippen LogP contribution in [0.25, 0.3) is 0 Å². The van der Waals surface area contributed by atoms with Gasteiger partial charge in [-0.2, -0.15) is 0 Å². The molecule has 0 radical (unpaired) electrons. The van der Waals surface area contributed by atoms with E-state index in [1.54, 1.807) is 12.1 Å². The maximum absolute atomic E-state index is 12.3. The molecule has 1 aliphatic heterocycles. The van der Waals surface area contributed by atoms with E-state index < -0.39 is 10.0 Å². The van der Waals surface area contributed by atoms with Crippen LogP contribution in [0.15, 0.2) is 48.5 Å². The first-order valence-corrected chi connectivity index (χ1v) is 12.8. The van der Waals surface area contributed by atoms with Crippen LogP contribution in [0.5, 0.6) is 0 Å². The number of amides is 1. The van der Waals surface area contributed by atoms with E-state index in [2.05, 4.69) is 22.3 Å². The molecule has 1 fully saturated rings. The summed E-state index contributed by atoms with van der Waals surface area (Å²) in [4.78, 5) is 14.6. The molecule has 7 nitrogen and oxygen atoms in total. The van der Waals surface area contributed by atoms with E-state index in [1.807, 2.05) is 31.2 Å². The van der Waals surface area contributed by atoms with Crippen LogP contribution in [0.4, 0.5) is 5.69 Å². The predicted octanol–water partition coefficient (Wildman–Crippen LogP) is 2.69. The Morgan fingerprint density at radius 1 is 1.03 bits per heavy atom. The molecule has 2 aromatic rings. The smallest absolute Gasteiger partial charge is 0.232 e. The highest BCUT2D eigenvalue weighted by atomic mass is 32.2. The minimum Gasteiger partial charge on any atom is -0.379 e. The molecule has 1 N–H and O–H groups in total. The number of carbonyl (C=O) groups excluding carboxylic acids is 1. The van der Waals surface area contributed by atoms with Gasteiger partial charge in [-0.3, -0.25) is 14.0 Å². The highest BCUT2D eigenvalue weighted by Gasteiger charge is 2.17. The molecule has 1 saturated heterocycles. The van der Waals surface area contributed by atoms with Crippen LogP contribution in [0.2, 0.25) is 0 Å². The predicted molar refractivity (Wildman–Crippen MR) is 127 cm³/mol. The van der Waals surface area contributed by atoms with E-state index in [0.717, 1.165) is 44.0 Å². The van der Waals surface area contributed by atoms with E-state index >= 15 is 0 Å². The van der Waals surface area contributed by atoms with Crippen LogP contribution in [-0.4, -0.2) is 58.3 Å². The van der Waals surface area contributed by atoms with Gasteiger partial charge in [0.15, 0.2) is 0 Å². The van der Waals surface area contributed by atoms with Crippen LogP contribution in [0.1, 0.15) is 29.5 Å². The molecule has 1 heterocycles. The average molecular weight is 460 g/mol. The van der Waals surface area contributed by atoms with E-state index in [9.17, 15) is 13.2 Å². The Bertz CT molecular complexity index is 969. The van der Waals surface area contributed by atoms with Crippen LogP contribution < -0.4 is 9.62 Å². The number of nitrogens with one attached hydrogen (secondary N) is 1. The first-order chi connectivity index (χ1) is 15.3. The third-order valence-electron chi connectivity index (χ3n) is 5.51. The zero-order valence-electron chi connectivity index (χ0n) is 18.9. The van der Waals surface area contributed by atoms with E-state index in [1.165, 1.54) is 16.1 Å². The summed E-state index contributed by atoms with van der Waals surface area (Å²) in [5, 5.41) is 2.93. The molecule has 0 unspecified atom stereocenters. The molecule has 1 aliphatic rings. The molecule has 0 aliphatic carbocycles. The van der Waals surface area contributed by atoms with Crippen LogP contribution in [0, 0.1) is 6.92 Å². The van der Waals surface area contributed by atoms with Crippen molar-refractivity contribution in [2.24, 2.45) is 0 Å². The number of sulfonamides is 1. The molecule has 2 aromatic carbocycles. The number of anilines is 1. The largest absolute Gasteiger partial charge is 0.379 e. The lowest BCUT2D eigenvalue weighted by molar-refractivity contribution is -0.121. The number of rotatable bonds is 10. The third kappa shape index (κ3) is 7.62. The van der Waals surface area contributed by atoms with Crippen molar-refractivity contribution in [3.05, 3.63) is 65.2 Å². The average Bonchev–Trinajstić information content (AvgIpc) is 2.77. The highest BCUT2D eigenvalue weighted by Crippen LogP contribution is 2.19. The van der Waals surface area contributed by atoms with Crippen molar-refractivity contribution in [1.29, 1.82) is 0 Å². The summed E-state index contributed by atoms with van der Waals surface area (Å²) < 4.78 is 31.1. The second kappa shape index (κ2) is 11.4. The lowest BCUT2D eigenvalue weighted by Gasteiger charge is -2.26. The SMILES string of the molecule is Cc1ccc(N(CCCC(=O)NCc2ccc(CN3CCOCC3)cc2)S(C)(=O)=O)cc1. The fourth-order valence-electron chi connectivity index (χ4n) is 3.65. The second-order valence-corrected chi connectivity index (χ2v) is 10.2. The molecule has 3 rings (SSSR count). The molecule has 0 spiro atoms. The fraction of sp³-hybridized carbons (Fsp3) is 0.458. The Balaban J connectivity index is 1.42. The molecule has 174 valence electrons. The van der Waals surface area contributed by atoms with Gasteiger partial charge in [0, 0.05) is 39.1 Å². The van der Waals surface area contributed by atoms with Crippen molar-refractivity contribution in [3.8, 4) is 0 Å². The van der Waals surface area contributed by atoms with Gasteiger partial charge in [0.2, 0.25) is 15.9 Å². The van der Waals surface area contributed by atoms with Gasteiger partial charge in [-0.1, -0.05) is 42.0 Å². The summed E-state index contributed by atoms with van der Waals surface area (Å²) in [6, 6.07) is 15.6. The summed E-state index contributed by atoms with van der Waals surface area (Å²) >= 11 is 0. The van der Waals surface area contributed by atoms with Gasteiger partial charge in [0.05, 0.1) is 25.2 Å². The Morgan fingerprint density at radius 2 is 1.66 bits per heavy atom. The summed E-state index contributed by atoms with van der Waals surface area (Å²) in [6.07, 6.45) is 1.91. The zero-order valence-corrected chi connectivity index (χ0v) is 19.7. The maximum atomic E-state index is 12.3. The maximum Gasteiger partial charge on any atom is 0.232 e. The quantitative estimate of drug-likeness (QED) is 0.591. The molecule has 0 bridgehead atoms. The number of carbonyl (C=O) groups is 1. The molecular formula is C24H33N3O4S. The molecule has 0 atom stereocenters. The van der Waals surface area contributed by atoms with Crippen LogP contribution >= 0.6 is 0 Å². The number of ether oxygens (including phenoxy) is 1. The Labute approximate surface area is 191 Å². The number of hydrogen-bond donors (Lipinski definition) is 1. The fourth-order valence-corrected chi connectivity index (χ4v) is 4.62. The normalized spacial score (nSPS) is 14.8. The van der Waals surface area contributed by atoms with Gasteiger partial charge in [-0.05, 0) is 36.6 Å². The summed E-state index contributed by atoms with van der Waals surface area (Å²) in [7, 11) is -3.41. The zero-order chi connectivity index (χ0) is 23.0. The molecule has 8 heteroatoms. The topological polar surface area (TPSA) is 79.0 Å². The summed E-state index contributed by atoms with van der Waals surface area (Å²) in [5.74, 6) is -0.0836. The lowest BCUT2D eigenvalue weighted by Crippen LogP contribution is -2.35. The van der Waals surface area contributed by atoms with Crippen molar-refractivity contribution in [1.82, 2.24) is 10.2 Å². The summed E-state index contributed by atoms with van der Waals surface area (Å²) in [6.45, 7) is 7.09. The van der Waals surface area contributed by atoms with Gasteiger partial charge in [-0.15, -0.1) is 0 Å². The number of nitrogens with zero attached hydrogens (tertiary/aromatic N) is 2. The number of morpholine rings is 1. The number of benzene rings is 2. The van der Waals surface area contributed by atoms with E-state index in [0.29, 0.717) is 18.7 Å². The highest BCUT2D eigenvalue weighted by molar-refractivity contribution is 7.92. The molecular weight excluding hydrogens is 426 g/mol. The monoisotopic (exact) mass is 459 g/mol. The van der Waals surface area contributed by atoms with Crippen LogP contribution in [-0.2, 0) is 32.6 Å². The van der Waals surface area contributed by atoms with E-state index in [4.69, 9.17) is 4.74 Å². The van der Waals surface area contributed by atoms with Gasteiger partial charge in [0.25, 0.3) is 0 Å². The minimum atomic E-state index is -3.41. The van der Waals surface area contributed by atoms with Gasteiger partial charge in [-0.25, -0.2) is 8.42 Å². The van der Waals surface area contributed by atoms with Gasteiger partial charge >= 0.3 is 0 Å². The number of hydrogen-bond acceptors (Lipinski definition) is 5.